The van der Waals surface area contributed by atoms with Crippen LogP contribution in [0.1, 0.15) is 11.1 Å². The molecule has 2 aromatic rings. The molecule has 0 aliphatic carbocycles. The smallest absolute Gasteiger partial charge is 0.419 e. The van der Waals surface area contributed by atoms with Crippen molar-refractivity contribution in [1.82, 2.24) is 0 Å². The third kappa shape index (κ3) is 3.11. The first-order chi connectivity index (χ1) is 9.82. The third-order valence-corrected chi connectivity index (χ3v) is 2.53. The average molecular weight is 299 g/mol. The van der Waals surface area contributed by atoms with E-state index in [4.69, 9.17) is 10.00 Å². The zero-order valence-corrected chi connectivity index (χ0v) is 10.2. The molecule has 0 fully saturated rings. The van der Waals surface area contributed by atoms with Crippen molar-refractivity contribution in [2.45, 2.75) is 6.18 Å². The molecule has 0 atom stereocenters. The molecule has 0 unspecified atom stereocenters. The summed E-state index contributed by atoms with van der Waals surface area (Å²) in [6, 6.07) is 6.91. The monoisotopic (exact) mass is 299 g/mol. The zero-order chi connectivity index (χ0) is 15.6. The van der Waals surface area contributed by atoms with Gasteiger partial charge in [-0.25, -0.2) is 8.78 Å². The van der Waals surface area contributed by atoms with Crippen LogP contribution in [-0.2, 0) is 6.18 Å². The Morgan fingerprint density at radius 2 is 1.57 bits per heavy atom. The van der Waals surface area contributed by atoms with Crippen molar-refractivity contribution in [3.8, 4) is 17.6 Å². The number of nitriles is 1. The Morgan fingerprint density at radius 3 is 2.10 bits per heavy atom. The standard InChI is InChI=1S/C14H6F5NO/c15-10-5-8(7-20)6-11(16)13(10)21-12-4-2-1-3-9(12)14(17,18)19/h1-6H. The van der Waals surface area contributed by atoms with Crippen LogP contribution in [0.15, 0.2) is 36.4 Å². The minimum absolute atomic E-state index is 0.304. The second kappa shape index (κ2) is 5.40. The van der Waals surface area contributed by atoms with Crippen molar-refractivity contribution in [1.29, 1.82) is 5.26 Å². The lowest BCUT2D eigenvalue weighted by Crippen LogP contribution is -2.07. The number of para-hydroxylation sites is 1. The topological polar surface area (TPSA) is 33.0 Å². The Kier molecular flexibility index (Phi) is 3.80. The summed E-state index contributed by atoms with van der Waals surface area (Å²) in [4.78, 5) is 0. The molecular weight excluding hydrogens is 293 g/mol. The minimum Gasteiger partial charge on any atom is -0.451 e. The summed E-state index contributed by atoms with van der Waals surface area (Å²) in [5.74, 6) is -4.25. The van der Waals surface area contributed by atoms with Crippen molar-refractivity contribution >= 4 is 0 Å². The Balaban J connectivity index is 2.48. The van der Waals surface area contributed by atoms with Crippen LogP contribution in [0, 0.1) is 23.0 Å². The second-order valence-corrected chi connectivity index (χ2v) is 3.98. The van der Waals surface area contributed by atoms with E-state index < -0.39 is 34.9 Å². The summed E-state index contributed by atoms with van der Waals surface area (Å²) in [5, 5.41) is 8.54. The van der Waals surface area contributed by atoms with Gasteiger partial charge >= 0.3 is 6.18 Å². The Bertz CT molecular complexity index is 695. The number of hydrogen-bond donors (Lipinski definition) is 0. The van der Waals surface area contributed by atoms with E-state index in [9.17, 15) is 22.0 Å². The van der Waals surface area contributed by atoms with E-state index in [1.807, 2.05) is 0 Å². The fourth-order valence-electron chi connectivity index (χ4n) is 1.62. The Hall–Kier alpha value is -2.62. The van der Waals surface area contributed by atoms with Crippen molar-refractivity contribution in [3.05, 3.63) is 59.2 Å². The number of halogens is 5. The van der Waals surface area contributed by atoms with E-state index in [0.717, 1.165) is 18.2 Å². The molecule has 0 spiro atoms. The Labute approximate surface area is 116 Å². The molecule has 0 aromatic heterocycles. The van der Waals surface area contributed by atoms with Gasteiger partial charge in [0.1, 0.15) is 5.75 Å². The van der Waals surface area contributed by atoms with E-state index in [-0.39, 0.29) is 5.56 Å². The lowest BCUT2D eigenvalue weighted by atomic mass is 10.2. The highest BCUT2D eigenvalue weighted by molar-refractivity contribution is 5.43. The zero-order valence-electron chi connectivity index (χ0n) is 10.2. The van der Waals surface area contributed by atoms with Gasteiger partial charge in [-0.3, -0.25) is 0 Å². The molecule has 0 saturated heterocycles. The van der Waals surface area contributed by atoms with E-state index in [2.05, 4.69) is 0 Å². The Morgan fingerprint density at radius 1 is 1.00 bits per heavy atom. The molecule has 108 valence electrons. The molecule has 0 saturated carbocycles. The predicted molar refractivity (Wildman–Crippen MR) is 62.6 cm³/mol. The van der Waals surface area contributed by atoms with Crippen LogP contribution in [0.4, 0.5) is 22.0 Å². The van der Waals surface area contributed by atoms with E-state index in [0.29, 0.717) is 12.1 Å². The van der Waals surface area contributed by atoms with Crippen LogP contribution >= 0.6 is 0 Å². The second-order valence-electron chi connectivity index (χ2n) is 3.98. The van der Waals surface area contributed by atoms with Crippen LogP contribution in [0.2, 0.25) is 0 Å². The molecule has 0 aliphatic rings. The van der Waals surface area contributed by atoms with Crippen molar-refractivity contribution in [2.75, 3.05) is 0 Å². The highest BCUT2D eigenvalue weighted by Gasteiger charge is 2.34. The number of hydrogen-bond acceptors (Lipinski definition) is 2. The maximum absolute atomic E-state index is 13.6. The lowest BCUT2D eigenvalue weighted by Gasteiger charge is -2.14. The van der Waals surface area contributed by atoms with Crippen molar-refractivity contribution in [3.63, 3.8) is 0 Å². The fraction of sp³-hybridized carbons (Fsp3) is 0.0714. The van der Waals surface area contributed by atoms with Gasteiger partial charge in [0.05, 0.1) is 17.2 Å². The van der Waals surface area contributed by atoms with E-state index in [1.165, 1.54) is 12.1 Å². The van der Waals surface area contributed by atoms with E-state index >= 15 is 0 Å². The maximum atomic E-state index is 13.6. The van der Waals surface area contributed by atoms with Gasteiger partial charge in [0.25, 0.3) is 0 Å². The molecule has 0 N–H and O–H groups in total. The molecule has 2 rings (SSSR count). The largest absolute Gasteiger partial charge is 0.451 e. The summed E-state index contributed by atoms with van der Waals surface area (Å²) >= 11 is 0. The van der Waals surface area contributed by atoms with E-state index in [1.54, 1.807) is 0 Å². The SMILES string of the molecule is N#Cc1cc(F)c(Oc2ccccc2C(F)(F)F)c(F)c1. The van der Waals surface area contributed by atoms with Gasteiger partial charge < -0.3 is 4.74 Å². The summed E-state index contributed by atoms with van der Waals surface area (Å²) in [7, 11) is 0. The quantitative estimate of drug-likeness (QED) is 0.756. The summed E-state index contributed by atoms with van der Waals surface area (Å²) in [5.41, 5.74) is -1.46. The summed E-state index contributed by atoms with van der Waals surface area (Å²) < 4.78 is 70.2. The summed E-state index contributed by atoms with van der Waals surface area (Å²) in [6.45, 7) is 0. The van der Waals surface area contributed by atoms with Gasteiger partial charge in [-0.1, -0.05) is 12.1 Å². The molecule has 0 bridgehead atoms. The van der Waals surface area contributed by atoms with Crippen LogP contribution in [0.3, 0.4) is 0 Å². The first kappa shape index (κ1) is 14.8. The van der Waals surface area contributed by atoms with Crippen molar-refractivity contribution in [2.24, 2.45) is 0 Å². The van der Waals surface area contributed by atoms with Gasteiger partial charge in [0.15, 0.2) is 17.4 Å². The van der Waals surface area contributed by atoms with Gasteiger partial charge in [-0.2, -0.15) is 18.4 Å². The minimum atomic E-state index is -4.73. The highest BCUT2D eigenvalue weighted by Crippen LogP contribution is 2.39. The van der Waals surface area contributed by atoms with Crippen molar-refractivity contribution < 1.29 is 26.7 Å². The molecule has 2 aromatic carbocycles. The maximum Gasteiger partial charge on any atom is 0.419 e. The molecule has 0 radical (unpaired) electrons. The molecule has 0 aliphatic heterocycles. The highest BCUT2D eigenvalue weighted by atomic mass is 19.4. The molecule has 21 heavy (non-hydrogen) atoms. The number of benzene rings is 2. The van der Waals surface area contributed by atoms with Gasteiger partial charge in [0.2, 0.25) is 0 Å². The predicted octanol–water partition coefficient (Wildman–Crippen LogP) is 4.65. The first-order valence-electron chi connectivity index (χ1n) is 5.56. The number of rotatable bonds is 2. The van der Waals surface area contributed by atoms with Gasteiger partial charge in [0, 0.05) is 0 Å². The molecule has 7 heteroatoms. The number of ether oxygens (including phenoxy) is 1. The lowest BCUT2D eigenvalue weighted by molar-refractivity contribution is -0.138. The molecule has 2 nitrogen and oxygen atoms in total. The van der Waals surface area contributed by atoms with Crippen LogP contribution < -0.4 is 4.74 Å². The first-order valence-corrected chi connectivity index (χ1v) is 5.56. The third-order valence-electron chi connectivity index (χ3n) is 2.53. The van der Waals surface area contributed by atoms with Crippen LogP contribution in [0.25, 0.3) is 0 Å². The average Bonchev–Trinajstić information content (AvgIpc) is 2.42. The number of nitrogens with zero attached hydrogens (tertiary/aromatic N) is 1. The normalized spacial score (nSPS) is 11.0. The number of alkyl halides is 3. The van der Waals surface area contributed by atoms with Gasteiger partial charge in [-0.15, -0.1) is 0 Å². The van der Waals surface area contributed by atoms with Crippen LogP contribution in [-0.4, -0.2) is 0 Å². The molecular formula is C14H6F5NO. The summed E-state index contributed by atoms with van der Waals surface area (Å²) in [6.07, 6.45) is -4.73. The fourth-order valence-corrected chi connectivity index (χ4v) is 1.62. The molecule has 0 amide bonds. The van der Waals surface area contributed by atoms with Crippen LogP contribution in [0.5, 0.6) is 11.5 Å². The van der Waals surface area contributed by atoms with Gasteiger partial charge in [-0.05, 0) is 24.3 Å². The molecule has 0 heterocycles.